The van der Waals surface area contributed by atoms with Crippen molar-refractivity contribution in [2.75, 3.05) is 5.32 Å². The van der Waals surface area contributed by atoms with Crippen molar-refractivity contribution < 1.29 is 4.79 Å². The highest BCUT2D eigenvalue weighted by Crippen LogP contribution is 2.26. The summed E-state index contributed by atoms with van der Waals surface area (Å²) in [5, 5.41) is 4.36. The second-order valence-corrected chi connectivity index (χ2v) is 5.39. The van der Waals surface area contributed by atoms with Crippen LogP contribution in [0, 0.1) is 13.8 Å². The van der Waals surface area contributed by atoms with Gasteiger partial charge < -0.3 is 5.32 Å². The molecule has 0 fully saturated rings. The number of carbonyl (C=O) groups excluding carboxylic acids is 1. The summed E-state index contributed by atoms with van der Waals surface area (Å²) in [6.45, 7) is 5.47. The molecule has 110 valence electrons. The van der Waals surface area contributed by atoms with E-state index in [0.717, 1.165) is 33.8 Å². The molecule has 0 bridgehead atoms. The van der Waals surface area contributed by atoms with Crippen molar-refractivity contribution in [2.24, 2.45) is 0 Å². The standard InChI is InChI=1S/C18H17N3O/c1-11-4-9-16-17(10-12(2)20-18(16)19-11)21-15-7-5-14(6-8-15)13(3)22/h4-10H,1-3H3,(H,19,20,21). The van der Waals surface area contributed by atoms with E-state index in [1.807, 2.05) is 56.3 Å². The number of nitrogens with zero attached hydrogens (tertiary/aromatic N) is 2. The Bertz CT molecular complexity index is 849. The number of carbonyl (C=O) groups is 1. The molecular weight excluding hydrogens is 274 g/mol. The molecule has 0 aliphatic heterocycles. The summed E-state index contributed by atoms with van der Waals surface area (Å²) in [4.78, 5) is 20.3. The average Bonchev–Trinajstić information content (AvgIpc) is 2.47. The SMILES string of the molecule is CC(=O)c1ccc(Nc2cc(C)nc3nc(C)ccc23)cc1. The first-order chi connectivity index (χ1) is 10.5. The summed E-state index contributed by atoms with van der Waals surface area (Å²) in [5.41, 5.74) is 5.19. The lowest BCUT2D eigenvalue weighted by Crippen LogP contribution is -1.97. The van der Waals surface area contributed by atoms with E-state index in [1.165, 1.54) is 0 Å². The van der Waals surface area contributed by atoms with Gasteiger partial charge in [0.1, 0.15) is 0 Å². The highest BCUT2D eigenvalue weighted by atomic mass is 16.1. The Labute approximate surface area is 129 Å². The molecule has 22 heavy (non-hydrogen) atoms. The second kappa shape index (κ2) is 5.56. The molecule has 1 aromatic carbocycles. The number of hydrogen-bond donors (Lipinski definition) is 1. The van der Waals surface area contributed by atoms with E-state index in [4.69, 9.17) is 0 Å². The summed E-state index contributed by atoms with van der Waals surface area (Å²) in [6.07, 6.45) is 0. The van der Waals surface area contributed by atoms with Crippen molar-refractivity contribution in [3.8, 4) is 0 Å². The number of aryl methyl sites for hydroxylation is 2. The fourth-order valence-electron chi connectivity index (χ4n) is 2.37. The number of rotatable bonds is 3. The van der Waals surface area contributed by atoms with Crippen LogP contribution in [0.5, 0.6) is 0 Å². The zero-order chi connectivity index (χ0) is 15.7. The number of nitrogens with one attached hydrogen (secondary N) is 1. The third-order valence-electron chi connectivity index (χ3n) is 3.51. The fourth-order valence-corrected chi connectivity index (χ4v) is 2.37. The van der Waals surface area contributed by atoms with Crippen molar-refractivity contribution in [3.05, 3.63) is 59.4 Å². The molecule has 0 amide bonds. The van der Waals surface area contributed by atoms with Gasteiger partial charge in [-0.05, 0) is 63.2 Å². The maximum absolute atomic E-state index is 11.3. The first kappa shape index (κ1) is 14.2. The average molecular weight is 291 g/mol. The van der Waals surface area contributed by atoms with E-state index in [-0.39, 0.29) is 5.78 Å². The molecule has 3 rings (SSSR count). The first-order valence-electron chi connectivity index (χ1n) is 7.16. The van der Waals surface area contributed by atoms with Gasteiger partial charge in [0, 0.05) is 28.0 Å². The predicted octanol–water partition coefficient (Wildman–Crippen LogP) is 4.19. The van der Waals surface area contributed by atoms with Crippen LogP contribution < -0.4 is 5.32 Å². The van der Waals surface area contributed by atoms with Gasteiger partial charge in [-0.1, -0.05) is 0 Å². The molecule has 4 heteroatoms. The minimum atomic E-state index is 0.0661. The third kappa shape index (κ3) is 2.81. The highest BCUT2D eigenvalue weighted by Gasteiger charge is 2.06. The van der Waals surface area contributed by atoms with Crippen LogP contribution in [-0.4, -0.2) is 15.8 Å². The molecule has 0 saturated heterocycles. The van der Waals surface area contributed by atoms with Gasteiger partial charge in [-0.3, -0.25) is 4.79 Å². The summed E-state index contributed by atoms with van der Waals surface area (Å²) < 4.78 is 0. The number of benzene rings is 1. The minimum Gasteiger partial charge on any atom is -0.355 e. The molecule has 0 aliphatic carbocycles. The van der Waals surface area contributed by atoms with E-state index in [0.29, 0.717) is 5.56 Å². The molecule has 0 spiro atoms. The van der Waals surface area contributed by atoms with Crippen molar-refractivity contribution in [2.45, 2.75) is 20.8 Å². The number of aromatic nitrogens is 2. The minimum absolute atomic E-state index is 0.0661. The fraction of sp³-hybridized carbons (Fsp3) is 0.167. The monoisotopic (exact) mass is 291 g/mol. The smallest absolute Gasteiger partial charge is 0.161 e. The Hall–Kier alpha value is -2.75. The van der Waals surface area contributed by atoms with E-state index in [9.17, 15) is 4.79 Å². The van der Waals surface area contributed by atoms with Gasteiger partial charge in [-0.2, -0.15) is 0 Å². The number of hydrogen-bond acceptors (Lipinski definition) is 4. The summed E-state index contributed by atoms with van der Waals surface area (Å²) in [6, 6.07) is 13.4. The van der Waals surface area contributed by atoms with E-state index in [2.05, 4.69) is 15.3 Å². The molecule has 0 aliphatic rings. The van der Waals surface area contributed by atoms with Crippen LogP contribution in [0.2, 0.25) is 0 Å². The van der Waals surface area contributed by atoms with Crippen LogP contribution >= 0.6 is 0 Å². The molecule has 3 aromatic rings. The lowest BCUT2D eigenvalue weighted by atomic mass is 10.1. The van der Waals surface area contributed by atoms with Crippen LogP contribution in [0.25, 0.3) is 11.0 Å². The number of ketones is 1. The summed E-state index contributed by atoms with van der Waals surface area (Å²) in [5.74, 6) is 0.0661. The largest absolute Gasteiger partial charge is 0.355 e. The van der Waals surface area contributed by atoms with Crippen LogP contribution in [0.3, 0.4) is 0 Å². The lowest BCUT2D eigenvalue weighted by Gasteiger charge is -2.11. The van der Waals surface area contributed by atoms with Gasteiger partial charge in [0.15, 0.2) is 11.4 Å². The zero-order valence-corrected chi connectivity index (χ0v) is 12.8. The maximum atomic E-state index is 11.3. The normalized spacial score (nSPS) is 10.7. The topological polar surface area (TPSA) is 54.9 Å². The van der Waals surface area contributed by atoms with E-state index in [1.54, 1.807) is 6.92 Å². The molecule has 0 saturated carbocycles. The van der Waals surface area contributed by atoms with E-state index < -0.39 is 0 Å². The van der Waals surface area contributed by atoms with Crippen molar-refractivity contribution >= 4 is 28.2 Å². The Morgan fingerprint density at radius 1 is 0.955 bits per heavy atom. The van der Waals surface area contributed by atoms with Crippen LogP contribution in [0.1, 0.15) is 28.7 Å². The molecule has 0 unspecified atom stereocenters. The summed E-state index contributed by atoms with van der Waals surface area (Å²) >= 11 is 0. The van der Waals surface area contributed by atoms with Crippen LogP contribution in [-0.2, 0) is 0 Å². The van der Waals surface area contributed by atoms with Gasteiger partial charge in [0.25, 0.3) is 0 Å². The molecule has 2 aromatic heterocycles. The number of anilines is 2. The zero-order valence-electron chi connectivity index (χ0n) is 12.8. The summed E-state index contributed by atoms with van der Waals surface area (Å²) in [7, 11) is 0. The second-order valence-electron chi connectivity index (χ2n) is 5.39. The quantitative estimate of drug-likeness (QED) is 0.735. The molecular formula is C18H17N3O. The molecule has 1 N–H and O–H groups in total. The molecule has 0 atom stereocenters. The number of fused-ring (bicyclic) bond motifs is 1. The van der Waals surface area contributed by atoms with Crippen molar-refractivity contribution in [3.63, 3.8) is 0 Å². The van der Waals surface area contributed by atoms with Gasteiger partial charge >= 0.3 is 0 Å². The van der Waals surface area contributed by atoms with Gasteiger partial charge in [-0.15, -0.1) is 0 Å². The molecule has 2 heterocycles. The maximum Gasteiger partial charge on any atom is 0.161 e. The van der Waals surface area contributed by atoms with Gasteiger partial charge in [-0.25, -0.2) is 9.97 Å². The first-order valence-corrected chi connectivity index (χ1v) is 7.16. The third-order valence-corrected chi connectivity index (χ3v) is 3.51. The highest BCUT2D eigenvalue weighted by molar-refractivity contribution is 5.95. The molecule has 4 nitrogen and oxygen atoms in total. The van der Waals surface area contributed by atoms with Crippen molar-refractivity contribution in [1.29, 1.82) is 0 Å². The van der Waals surface area contributed by atoms with Crippen molar-refractivity contribution in [1.82, 2.24) is 9.97 Å². The number of pyridine rings is 2. The Balaban J connectivity index is 2.01. The predicted molar refractivity (Wildman–Crippen MR) is 88.7 cm³/mol. The van der Waals surface area contributed by atoms with Gasteiger partial charge in [0.2, 0.25) is 0 Å². The Kier molecular flexibility index (Phi) is 3.59. The van der Waals surface area contributed by atoms with E-state index >= 15 is 0 Å². The van der Waals surface area contributed by atoms with Crippen LogP contribution in [0.15, 0.2) is 42.5 Å². The Morgan fingerprint density at radius 2 is 1.64 bits per heavy atom. The van der Waals surface area contributed by atoms with Crippen LogP contribution in [0.4, 0.5) is 11.4 Å². The molecule has 0 radical (unpaired) electrons. The lowest BCUT2D eigenvalue weighted by molar-refractivity contribution is 0.101. The Morgan fingerprint density at radius 3 is 2.32 bits per heavy atom. The van der Waals surface area contributed by atoms with Gasteiger partial charge in [0.05, 0.1) is 5.69 Å². The number of Topliss-reactive ketones (excluding diaryl/α,β-unsaturated/α-hetero) is 1.